The zero-order chi connectivity index (χ0) is 25.5. The molecule has 4 N–H and O–H groups in total. The number of rotatable bonds is 6. The third-order valence-corrected chi connectivity index (χ3v) is 6.00. The maximum Gasteiger partial charge on any atom is 0.328 e. The van der Waals surface area contributed by atoms with Crippen molar-refractivity contribution in [1.82, 2.24) is 9.58 Å². The first kappa shape index (κ1) is 25.5. The number of likely N-dealkylation sites (tertiary alicyclic amines) is 1. The molecule has 184 valence electrons. The number of fused-ring (bicyclic) bond motifs is 1. The minimum Gasteiger partial charge on any atom is -0.496 e. The van der Waals surface area contributed by atoms with Crippen molar-refractivity contribution in [2.45, 2.75) is 18.8 Å². The number of ketones is 1. The molecule has 1 fully saturated rings. The van der Waals surface area contributed by atoms with E-state index in [1.807, 2.05) is 42.6 Å². The van der Waals surface area contributed by atoms with Crippen LogP contribution in [0.1, 0.15) is 40.2 Å². The summed E-state index contributed by atoms with van der Waals surface area (Å²) in [5.74, 6) is 4.72. The number of benzene rings is 2. The fourth-order valence-electron chi connectivity index (χ4n) is 4.20. The van der Waals surface area contributed by atoms with E-state index in [9.17, 15) is 14.4 Å². The summed E-state index contributed by atoms with van der Waals surface area (Å²) in [4.78, 5) is 34.5. The number of piperidine rings is 1. The number of carboxylic acids is 2. The van der Waals surface area contributed by atoms with Crippen molar-refractivity contribution < 1.29 is 29.3 Å². The van der Waals surface area contributed by atoms with E-state index >= 15 is 0 Å². The molecule has 4 rings (SSSR count). The Morgan fingerprint density at radius 3 is 2.26 bits per heavy atom. The van der Waals surface area contributed by atoms with Crippen LogP contribution in [0.2, 0.25) is 0 Å². The first-order valence-corrected chi connectivity index (χ1v) is 11.1. The van der Waals surface area contributed by atoms with Crippen LogP contribution in [0, 0.1) is 0 Å². The summed E-state index contributed by atoms with van der Waals surface area (Å²) < 4.78 is 7.04. The third-order valence-electron chi connectivity index (χ3n) is 6.00. The van der Waals surface area contributed by atoms with Gasteiger partial charge in [-0.2, -0.15) is 0 Å². The van der Waals surface area contributed by atoms with E-state index in [1.54, 1.807) is 17.9 Å². The summed E-state index contributed by atoms with van der Waals surface area (Å²) >= 11 is 0. The number of carboxylic acid groups (broad SMARTS) is 2. The van der Waals surface area contributed by atoms with Crippen LogP contribution in [0.15, 0.2) is 60.8 Å². The lowest BCUT2D eigenvalue weighted by molar-refractivity contribution is -0.134. The average molecular weight is 480 g/mol. The van der Waals surface area contributed by atoms with Crippen molar-refractivity contribution in [2.75, 3.05) is 33.1 Å². The van der Waals surface area contributed by atoms with E-state index in [4.69, 9.17) is 20.8 Å². The molecule has 0 saturated carbocycles. The van der Waals surface area contributed by atoms with Gasteiger partial charge in [0, 0.05) is 29.3 Å². The van der Waals surface area contributed by atoms with Gasteiger partial charge in [-0.05, 0) is 74.8 Å². The summed E-state index contributed by atoms with van der Waals surface area (Å²) in [6.07, 6.45) is 5.36. The first-order chi connectivity index (χ1) is 16.7. The molecule has 9 nitrogen and oxygen atoms in total. The number of aliphatic carboxylic acids is 2. The van der Waals surface area contributed by atoms with Gasteiger partial charge in [0.05, 0.1) is 18.2 Å². The molecule has 1 aliphatic heterocycles. The molecule has 0 unspecified atom stereocenters. The summed E-state index contributed by atoms with van der Waals surface area (Å²) in [6, 6.07) is 13.1. The Balaban J connectivity index is 0.000000371. The van der Waals surface area contributed by atoms with Gasteiger partial charge in [0.15, 0.2) is 5.78 Å². The van der Waals surface area contributed by atoms with E-state index in [1.165, 1.54) is 5.56 Å². The van der Waals surface area contributed by atoms with Crippen molar-refractivity contribution >= 4 is 28.6 Å². The SMILES string of the molecule is COc1ccccc1C(=O)c1ccc2c(c1)c(C1CCN(C)CC1)cn2N.O=C(O)/C=C/C(=O)O. The number of nitrogens with two attached hydrogens (primary N) is 1. The number of hydrogen-bond donors (Lipinski definition) is 3. The fourth-order valence-corrected chi connectivity index (χ4v) is 4.20. The first-order valence-electron chi connectivity index (χ1n) is 11.1. The molecule has 0 atom stereocenters. The lowest BCUT2D eigenvalue weighted by Crippen LogP contribution is -2.29. The van der Waals surface area contributed by atoms with Crippen LogP contribution >= 0.6 is 0 Å². The van der Waals surface area contributed by atoms with Gasteiger partial charge in [0.2, 0.25) is 0 Å². The van der Waals surface area contributed by atoms with Crippen LogP contribution in [-0.4, -0.2) is 64.8 Å². The van der Waals surface area contributed by atoms with Crippen molar-refractivity contribution in [3.63, 3.8) is 0 Å². The summed E-state index contributed by atoms with van der Waals surface area (Å²) in [6.45, 7) is 2.17. The number of nitrogens with zero attached hydrogens (tertiary/aromatic N) is 2. The van der Waals surface area contributed by atoms with E-state index in [0.29, 0.717) is 34.9 Å². The standard InChI is InChI=1S/C22H25N3O2.C4H4O4/c1-24-11-9-15(10-12-24)19-14-25(23)20-8-7-16(13-18(19)20)22(26)17-5-3-4-6-21(17)27-2;5-3(6)1-2-4(7)8/h3-8,13-15H,9-12,23H2,1-2H3;1-2H,(H,5,6)(H,7,8)/b;2-1+. The molecule has 0 radical (unpaired) electrons. The fraction of sp³-hybridized carbons (Fsp3) is 0.269. The van der Waals surface area contributed by atoms with Crippen LogP contribution in [-0.2, 0) is 9.59 Å². The minimum atomic E-state index is -1.26. The second kappa shape index (κ2) is 11.3. The van der Waals surface area contributed by atoms with Crippen LogP contribution < -0.4 is 10.6 Å². The van der Waals surface area contributed by atoms with Gasteiger partial charge in [-0.3, -0.25) is 9.47 Å². The maximum absolute atomic E-state index is 13.1. The maximum atomic E-state index is 13.1. The number of nitrogen functional groups attached to an aromatic ring is 1. The largest absolute Gasteiger partial charge is 0.496 e. The lowest BCUT2D eigenvalue weighted by atomic mass is 9.88. The van der Waals surface area contributed by atoms with Crippen molar-refractivity contribution in [2.24, 2.45) is 0 Å². The van der Waals surface area contributed by atoms with Gasteiger partial charge in [-0.25, -0.2) is 9.59 Å². The molecule has 0 bridgehead atoms. The molecule has 1 saturated heterocycles. The Morgan fingerprint density at radius 2 is 1.66 bits per heavy atom. The predicted molar refractivity (Wildman–Crippen MR) is 132 cm³/mol. The molecular weight excluding hydrogens is 450 g/mol. The van der Waals surface area contributed by atoms with Crippen LogP contribution in [0.4, 0.5) is 0 Å². The summed E-state index contributed by atoms with van der Waals surface area (Å²) in [7, 11) is 3.74. The Bertz CT molecular complexity index is 1240. The van der Waals surface area contributed by atoms with E-state index in [0.717, 1.165) is 36.8 Å². The molecule has 2 heterocycles. The molecule has 2 aromatic carbocycles. The normalized spacial score (nSPS) is 14.5. The summed E-state index contributed by atoms with van der Waals surface area (Å²) in [5, 5.41) is 16.7. The highest BCUT2D eigenvalue weighted by Crippen LogP contribution is 2.34. The van der Waals surface area contributed by atoms with Gasteiger partial charge in [0.25, 0.3) is 0 Å². The number of ether oxygens (including phenoxy) is 1. The minimum absolute atomic E-state index is 0.0338. The highest BCUT2D eigenvalue weighted by Gasteiger charge is 2.23. The van der Waals surface area contributed by atoms with Crippen LogP contribution in [0.3, 0.4) is 0 Å². The number of carbonyl (C=O) groups excluding carboxylic acids is 1. The van der Waals surface area contributed by atoms with Crippen LogP contribution in [0.25, 0.3) is 10.9 Å². The second-order valence-electron chi connectivity index (χ2n) is 8.34. The predicted octanol–water partition coefficient (Wildman–Crippen LogP) is 3.12. The number of carbonyl (C=O) groups is 3. The van der Waals surface area contributed by atoms with E-state index < -0.39 is 11.9 Å². The molecular formula is C26H29N3O6. The zero-order valence-corrected chi connectivity index (χ0v) is 19.7. The van der Waals surface area contributed by atoms with Gasteiger partial charge in [0.1, 0.15) is 5.75 Å². The van der Waals surface area contributed by atoms with Crippen molar-refractivity contribution in [1.29, 1.82) is 0 Å². The van der Waals surface area contributed by atoms with Crippen LogP contribution in [0.5, 0.6) is 5.75 Å². The number of methoxy groups -OCH3 is 1. The third kappa shape index (κ3) is 6.27. The average Bonchev–Trinajstić information content (AvgIpc) is 3.18. The highest BCUT2D eigenvalue weighted by molar-refractivity contribution is 6.12. The van der Waals surface area contributed by atoms with Gasteiger partial charge >= 0.3 is 11.9 Å². The van der Waals surface area contributed by atoms with Gasteiger partial charge in [-0.15, -0.1) is 0 Å². The molecule has 3 aromatic rings. The number of hydrogen-bond acceptors (Lipinski definition) is 6. The quantitative estimate of drug-likeness (QED) is 0.279. The zero-order valence-electron chi connectivity index (χ0n) is 19.7. The second-order valence-corrected chi connectivity index (χ2v) is 8.34. The van der Waals surface area contributed by atoms with E-state index in [2.05, 4.69) is 11.9 Å². The van der Waals surface area contributed by atoms with E-state index in [-0.39, 0.29) is 5.78 Å². The molecule has 0 aliphatic carbocycles. The number of para-hydroxylation sites is 1. The van der Waals surface area contributed by atoms with Crippen molar-refractivity contribution in [3.8, 4) is 5.75 Å². The summed E-state index contributed by atoms with van der Waals surface area (Å²) in [5.41, 5.74) is 3.44. The Labute approximate surface area is 203 Å². The Hall–Kier alpha value is -4.11. The van der Waals surface area contributed by atoms with Crippen molar-refractivity contribution in [3.05, 3.63) is 77.5 Å². The Kier molecular flexibility index (Phi) is 8.27. The topological polar surface area (TPSA) is 135 Å². The Morgan fingerprint density at radius 1 is 1.03 bits per heavy atom. The molecule has 1 aromatic heterocycles. The lowest BCUT2D eigenvalue weighted by Gasteiger charge is -2.28. The van der Waals surface area contributed by atoms with Gasteiger partial charge < -0.3 is 25.7 Å². The number of aromatic nitrogens is 1. The smallest absolute Gasteiger partial charge is 0.328 e. The monoisotopic (exact) mass is 479 g/mol. The molecule has 0 spiro atoms. The molecule has 9 heteroatoms. The van der Waals surface area contributed by atoms with Gasteiger partial charge in [-0.1, -0.05) is 12.1 Å². The highest BCUT2D eigenvalue weighted by atomic mass is 16.5. The molecule has 0 amide bonds. The molecule has 1 aliphatic rings. The molecule has 35 heavy (non-hydrogen) atoms.